The maximum absolute atomic E-state index is 11.4. The first-order valence-electron chi connectivity index (χ1n) is 6.66. The predicted molar refractivity (Wildman–Crippen MR) is 76.8 cm³/mol. The van der Waals surface area contributed by atoms with Gasteiger partial charge in [-0.1, -0.05) is 0 Å². The number of carboxylic acids is 1. The number of likely N-dealkylation sites (N-methyl/N-ethyl adjacent to an activating group) is 1. The molecule has 1 N–H and O–H groups in total. The molecule has 1 aromatic rings. The van der Waals surface area contributed by atoms with Crippen molar-refractivity contribution >= 4 is 17.5 Å². The maximum atomic E-state index is 11.4. The number of carboxylic acid groups (broad SMARTS) is 1. The Labute approximate surface area is 122 Å². The molecule has 21 heavy (non-hydrogen) atoms. The number of nitrogens with zero attached hydrogens (tertiary/aromatic N) is 4. The molecule has 0 aliphatic carbocycles. The molecule has 0 bridgehead atoms. The lowest BCUT2D eigenvalue weighted by Crippen LogP contribution is -2.55. The second kappa shape index (κ2) is 5.65. The number of hydrogen-bond donors (Lipinski definition) is 1. The van der Waals surface area contributed by atoms with E-state index in [-0.39, 0.29) is 23.3 Å². The van der Waals surface area contributed by atoms with E-state index in [2.05, 4.69) is 23.7 Å². The smallest absolute Gasteiger partial charge is 0.339 e. The summed E-state index contributed by atoms with van der Waals surface area (Å²) < 4.78 is 0. The molecule has 2 rings (SSSR count). The van der Waals surface area contributed by atoms with E-state index in [0.717, 1.165) is 12.3 Å². The number of hydrogen-bond acceptors (Lipinski definition) is 6. The van der Waals surface area contributed by atoms with Gasteiger partial charge in [-0.3, -0.25) is 15.0 Å². The first kappa shape index (κ1) is 15.2. The Bertz CT molecular complexity index is 565. The Hall–Kier alpha value is -2.22. The van der Waals surface area contributed by atoms with Crippen molar-refractivity contribution in [3.8, 4) is 0 Å². The molecule has 0 spiro atoms. The Morgan fingerprint density at radius 2 is 2.00 bits per heavy atom. The molecule has 1 aliphatic heterocycles. The van der Waals surface area contributed by atoms with Crippen molar-refractivity contribution < 1.29 is 14.8 Å². The van der Waals surface area contributed by atoms with Crippen LogP contribution in [0.4, 0.5) is 11.5 Å². The predicted octanol–water partition coefficient (Wildman–Crippen LogP) is 1.22. The minimum atomic E-state index is -1.21. The van der Waals surface area contributed by atoms with Gasteiger partial charge in [-0.25, -0.2) is 9.78 Å². The van der Waals surface area contributed by atoms with Crippen molar-refractivity contribution in [2.75, 3.05) is 25.0 Å². The fourth-order valence-electron chi connectivity index (χ4n) is 2.53. The fraction of sp³-hybridized carbons (Fsp3) is 0.538. The number of anilines is 1. The van der Waals surface area contributed by atoms with Crippen LogP contribution in [0, 0.1) is 10.1 Å². The van der Waals surface area contributed by atoms with Gasteiger partial charge in [-0.15, -0.1) is 0 Å². The van der Waals surface area contributed by atoms with Crippen molar-refractivity contribution in [3.05, 3.63) is 27.9 Å². The van der Waals surface area contributed by atoms with Crippen LogP contribution in [-0.4, -0.2) is 58.1 Å². The van der Waals surface area contributed by atoms with E-state index < -0.39 is 10.9 Å². The summed E-state index contributed by atoms with van der Waals surface area (Å²) in [5.74, 6) is -0.916. The van der Waals surface area contributed by atoms with Gasteiger partial charge in [0, 0.05) is 31.2 Å². The topological polar surface area (TPSA) is 99.8 Å². The van der Waals surface area contributed by atoms with Gasteiger partial charge in [-0.05, 0) is 20.9 Å². The van der Waals surface area contributed by atoms with Gasteiger partial charge in [0.05, 0.1) is 4.92 Å². The van der Waals surface area contributed by atoms with Gasteiger partial charge in [0.2, 0.25) is 0 Å². The van der Waals surface area contributed by atoms with Crippen LogP contribution in [0.3, 0.4) is 0 Å². The van der Waals surface area contributed by atoms with Gasteiger partial charge >= 0.3 is 5.97 Å². The molecular weight excluding hydrogens is 276 g/mol. The van der Waals surface area contributed by atoms with Crippen molar-refractivity contribution in [1.82, 2.24) is 9.88 Å². The zero-order valence-electron chi connectivity index (χ0n) is 12.2. The normalized spacial score (nSPS) is 23.1. The zero-order chi connectivity index (χ0) is 15.7. The average molecular weight is 294 g/mol. The number of aromatic carboxylic acids is 1. The van der Waals surface area contributed by atoms with Gasteiger partial charge in [0.25, 0.3) is 5.69 Å². The summed E-state index contributed by atoms with van der Waals surface area (Å²) in [5.41, 5.74) is -0.445. The molecule has 0 radical (unpaired) electrons. The minimum Gasteiger partial charge on any atom is -0.478 e. The molecule has 1 aliphatic rings. The second-order valence-corrected chi connectivity index (χ2v) is 5.40. The lowest BCUT2D eigenvalue weighted by Gasteiger charge is -2.43. The van der Waals surface area contributed by atoms with Crippen LogP contribution < -0.4 is 4.90 Å². The van der Waals surface area contributed by atoms with Gasteiger partial charge in [0.15, 0.2) is 0 Å². The van der Waals surface area contributed by atoms with Crippen LogP contribution in [0.1, 0.15) is 24.2 Å². The van der Waals surface area contributed by atoms with Crippen molar-refractivity contribution in [2.45, 2.75) is 25.9 Å². The summed E-state index contributed by atoms with van der Waals surface area (Å²) in [4.78, 5) is 29.6. The highest BCUT2D eigenvalue weighted by atomic mass is 16.6. The number of aromatic nitrogens is 1. The molecular formula is C13H18N4O4. The van der Waals surface area contributed by atoms with Gasteiger partial charge < -0.3 is 10.0 Å². The Kier molecular flexibility index (Phi) is 4.08. The molecule has 8 heteroatoms. The summed E-state index contributed by atoms with van der Waals surface area (Å²) in [6.07, 6.45) is 1.11. The second-order valence-electron chi connectivity index (χ2n) is 5.40. The van der Waals surface area contributed by atoms with Crippen molar-refractivity contribution in [3.63, 3.8) is 0 Å². The standard InChI is InChI=1S/C13H18N4O4/c1-8-6-16(7-9(2)15(8)3)12-11(13(18)19)4-10(5-14-12)17(20)21/h4-5,8-9H,6-7H2,1-3H3,(H,18,19). The molecule has 2 heterocycles. The lowest BCUT2D eigenvalue weighted by molar-refractivity contribution is -0.385. The fourth-order valence-corrected chi connectivity index (χ4v) is 2.53. The first-order valence-corrected chi connectivity index (χ1v) is 6.66. The molecule has 2 atom stereocenters. The lowest BCUT2D eigenvalue weighted by atomic mass is 10.1. The maximum Gasteiger partial charge on any atom is 0.339 e. The van der Waals surface area contributed by atoms with E-state index in [4.69, 9.17) is 0 Å². The van der Waals surface area contributed by atoms with E-state index >= 15 is 0 Å². The molecule has 0 aromatic carbocycles. The van der Waals surface area contributed by atoms with E-state index in [1.807, 2.05) is 11.9 Å². The Morgan fingerprint density at radius 1 is 1.43 bits per heavy atom. The summed E-state index contributed by atoms with van der Waals surface area (Å²) >= 11 is 0. The summed E-state index contributed by atoms with van der Waals surface area (Å²) in [6, 6.07) is 1.55. The van der Waals surface area contributed by atoms with E-state index in [0.29, 0.717) is 18.9 Å². The zero-order valence-corrected chi connectivity index (χ0v) is 12.2. The SMILES string of the molecule is CC1CN(c2ncc([N+](=O)[O-])cc2C(=O)O)CC(C)N1C. The molecule has 114 valence electrons. The number of nitro groups is 1. The van der Waals surface area contributed by atoms with Crippen LogP contribution in [-0.2, 0) is 0 Å². The minimum absolute atomic E-state index is 0.131. The quantitative estimate of drug-likeness (QED) is 0.660. The average Bonchev–Trinajstić information content (AvgIpc) is 2.43. The van der Waals surface area contributed by atoms with Gasteiger partial charge in [0.1, 0.15) is 17.6 Å². The molecule has 0 saturated carbocycles. The molecule has 0 amide bonds. The molecule has 1 aromatic heterocycles. The number of rotatable bonds is 3. The Balaban J connectivity index is 2.39. The van der Waals surface area contributed by atoms with Crippen molar-refractivity contribution in [1.29, 1.82) is 0 Å². The molecule has 1 saturated heterocycles. The monoisotopic (exact) mass is 294 g/mol. The highest BCUT2D eigenvalue weighted by Gasteiger charge is 2.30. The summed E-state index contributed by atoms with van der Waals surface area (Å²) in [7, 11) is 2.02. The van der Waals surface area contributed by atoms with E-state index in [1.165, 1.54) is 0 Å². The van der Waals surface area contributed by atoms with E-state index in [9.17, 15) is 20.0 Å². The number of pyridine rings is 1. The van der Waals surface area contributed by atoms with Crippen LogP contribution in [0.15, 0.2) is 12.3 Å². The summed E-state index contributed by atoms with van der Waals surface area (Å²) in [5, 5.41) is 20.0. The third-order valence-electron chi connectivity index (χ3n) is 3.95. The largest absolute Gasteiger partial charge is 0.478 e. The van der Waals surface area contributed by atoms with Crippen molar-refractivity contribution in [2.24, 2.45) is 0 Å². The molecule has 1 fully saturated rings. The third kappa shape index (κ3) is 2.94. The van der Waals surface area contributed by atoms with Crippen LogP contribution in [0.2, 0.25) is 0 Å². The van der Waals surface area contributed by atoms with Crippen LogP contribution in [0.5, 0.6) is 0 Å². The van der Waals surface area contributed by atoms with Gasteiger partial charge in [-0.2, -0.15) is 0 Å². The Morgan fingerprint density at radius 3 is 2.48 bits per heavy atom. The van der Waals surface area contributed by atoms with Crippen LogP contribution >= 0.6 is 0 Å². The highest BCUT2D eigenvalue weighted by Crippen LogP contribution is 2.26. The van der Waals surface area contributed by atoms with Crippen LogP contribution in [0.25, 0.3) is 0 Å². The highest BCUT2D eigenvalue weighted by molar-refractivity contribution is 5.94. The third-order valence-corrected chi connectivity index (χ3v) is 3.95. The molecule has 2 unspecified atom stereocenters. The summed E-state index contributed by atoms with van der Waals surface area (Å²) in [6.45, 7) is 5.36. The number of carbonyl (C=O) groups is 1. The molecule has 8 nitrogen and oxygen atoms in total. The number of piperazine rings is 1. The van der Waals surface area contributed by atoms with E-state index in [1.54, 1.807) is 0 Å². The first-order chi connectivity index (χ1) is 9.81.